The van der Waals surface area contributed by atoms with Crippen LogP contribution >= 0.6 is 23.2 Å². The van der Waals surface area contributed by atoms with Crippen molar-refractivity contribution in [2.45, 2.75) is 25.9 Å². The number of amides is 1. The lowest BCUT2D eigenvalue weighted by atomic mass is 10.0. The number of aryl methyl sites for hydroxylation is 1. The highest BCUT2D eigenvalue weighted by Gasteiger charge is 2.27. The first kappa shape index (κ1) is 16.2. The van der Waals surface area contributed by atoms with E-state index >= 15 is 0 Å². The summed E-state index contributed by atoms with van der Waals surface area (Å²) in [5.74, 6) is 0.394. The fourth-order valence-electron chi connectivity index (χ4n) is 2.79. The second kappa shape index (κ2) is 6.81. The van der Waals surface area contributed by atoms with E-state index < -0.39 is 6.10 Å². The average Bonchev–Trinajstić information content (AvgIpc) is 2.56. The molecule has 3 nitrogen and oxygen atoms in total. The summed E-state index contributed by atoms with van der Waals surface area (Å²) in [7, 11) is 0. The molecule has 0 aliphatic carbocycles. The maximum absolute atomic E-state index is 12.8. The van der Waals surface area contributed by atoms with Crippen LogP contribution in [0.25, 0.3) is 0 Å². The van der Waals surface area contributed by atoms with Gasteiger partial charge in [0.25, 0.3) is 5.91 Å². The van der Waals surface area contributed by atoms with Gasteiger partial charge < -0.3 is 9.64 Å². The topological polar surface area (TPSA) is 29.5 Å². The Morgan fingerprint density at radius 3 is 2.78 bits per heavy atom. The van der Waals surface area contributed by atoms with Crippen molar-refractivity contribution in [3.05, 3.63) is 58.1 Å². The Hall–Kier alpha value is -1.71. The Bertz CT molecular complexity index is 733. The molecule has 1 aliphatic heterocycles. The van der Waals surface area contributed by atoms with Crippen molar-refractivity contribution in [1.82, 2.24) is 0 Å². The summed E-state index contributed by atoms with van der Waals surface area (Å²) in [6.45, 7) is 2.45. The van der Waals surface area contributed by atoms with Crippen molar-refractivity contribution < 1.29 is 9.53 Å². The van der Waals surface area contributed by atoms with Crippen molar-refractivity contribution in [1.29, 1.82) is 0 Å². The van der Waals surface area contributed by atoms with Crippen LogP contribution in [0.5, 0.6) is 5.75 Å². The molecule has 0 aromatic heterocycles. The fraction of sp³-hybridized carbons (Fsp3) is 0.278. The van der Waals surface area contributed by atoms with Crippen LogP contribution in [-0.4, -0.2) is 18.6 Å². The average molecular weight is 350 g/mol. The molecular formula is C18H17Cl2NO2. The van der Waals surface area contributed by atoms with Gasteiger partial charge in [-0.1, -0.05) is 41.4 Å². The predicted molar refractivity (Wildman–Crippen MR) is 93.7 cm³/mol. The van der Waals surface area contributed by atoms with Gasteiger partial charge in [0.1, 0.15) is 5.75 Å². The third-order valence-corrected chi connectivity index (χ3v) is 4.45. The molecule has 0 saturated carbocycles. The van der Waals surface area contributed by atoms with Gasteiger partial charge >= 0.3 is 0 Å². The molecule has 3 rings (SSSR count). The van der Waals surface area contributed by atoms with E-state index in [1.165, 1.54) is 5.56 Å². The van der Waals surface area contributed by atoms with Crippen LogP contribution in [0.2, 0.25) is 10.0 Å². The largest absolute Gasteiger partial charge is 0.479 e. The Balaban J connectivity index is 1.78. The first-order valence-electron chi connectivity index (χ1n) is 7.57. The van der Waals surface area contributed by atoms with E-state index in [0.29, 0.717) is 22.3 Å². The number of para-hydroxylation sites is 1. The molecule has 0 unspecified atom stereocenters. The van der Waals surface area contributed by atoms with E-state index in [2.05, 4.69) is 6.07 Å². The predicted octanol–water partition coefficient (Wildman–Crippen LogP) is 4.74. The molecule has 2 aromatic rings. The number of benzene rings is 2. The standard InChI is InChI=1S/C18H17Cl2NO2/c1-12(23-17-9-8-14(19)11-15(17)20)18(22)21-10-4-6-13-5-2-3-7-16(13)21/h2-3,5,7-9,11-12H,4,6,10H2,1H3/t12-/m0/s1. The van der Waals surface area contributed by atoms with Crippen LogP contribution in [0, 0.1) is 0 Å². The van der Waals surface area contributed by atoms with Crippen LogP contribution in [0.15, 0.2) is 42.5 Å². The molecule has 1 atom stereocenters. The van der Waals surface area contributed by atoms with Crippen LogP contribution in [0.3, 0.4) is 0 Å². The zero-order valence-electron chi connectivity index (χ0n) is 12.8. The summed E-state index contributed by atoms with van der Waals surface area (Å²) in [4.78, 5) is 14.6. The Morgan fingerprint density at radius 1 is 1.22 bits per heavy atom. The van der Waals surface area contributed by atoms with Crippen molar-refractivity contribution >= 4 is 34.8 Å². The number of rotatable bonds is 3. The molecule has 5 heteroatoms. The minimum absolute atomic E-state index is 0.0665. The van der Waals surface area contributed by atoms with Gasteiger partial charge in [-0.05, 0) is 49.6 Å². The number of anilines is 1. The summed E-state index contributed by atoms with van der Waals surface area (Å²) in [5.41, 5.74) is 2.17. The van der Waals surface area contributed by atoms with Crippen LogP contribution in [0.4, 0.5) is 5.69 Å². The smallest absolute Gasteiger partial charge is 0.267 e. The van der Waals surface area contributed by atoms with E-state index in [1.807, 2.05) is 18.2 Å². The molecular weight excluding hydrogens is 333 g/mol. The molecule has 1 heterocycles. The van der Waals surface area contributed by atoms with E-state index in [-0.39, 0.29) is 5.91 Å². The lowest BCUT2D eigenvalue weighted by Crippen LogP contribution is -2.43. The van der Waals surface area contributed by atoms with Gasteiger partial charge in [0, 0.05) is 17.3 Å². The Kier molecular flexibility index (Phi) is 4.79. The number of carbonyl (C=O) groups excluding carboxylic acids is 1. The summed E-state index contributed by atoms with van der Waals surface area (Å²) in [6.07, 6.45) is 1.33. The quantitative estimate of drug-likeness (QED) is 0.800. The number of ether oxygens (including phenoxy) is 1. The maximum atomic E-state index is 12.8. The molecule has 1 aliphatic rings. The summed E-state index contributed by atoms with van der Waals surface area (Å²) >= 11 is 12.0. The van der Waals surface area contributed by atoms with Crippen molar-refractivity contribution in [3.8, 4) is 5.75 Å². The molecule has 0 spiro atoms. The van der Waals surface area contributed by atoms with Crippen molar-refractivity contribution in [2.75, 3.05) is 11.4 Å². The lowest BCUT2D eigenvalue weighted by molar-refractivity contribution is -0.124. The third-order valence-electron chi connectivity index (χ3n) is 3.92. The fourth-order valence-corrected chi connectivity index (χ4v) is 3.25. The number of carbonyl (C=O) groups is 1. The van der Waals surface area contributed by atoms with Gasteiger partial charge in [0.2, 0.25) is 0 Å². The Labute approximate surface area is 145 Å². The van der Waals surface area contributed by atoms with Crippen molar-refractivity contribution in [2.24, 2.45) is 0 Å². The molecule has 120 valence electrons. The van der Waals surface area contributed by atoms with E-state index in [0.717, 1.165) is 18.5 Å². The number of nitrogens with zero attached hydrogens (tertiary/aromatic N) is 1. The third kappa shape index (κ3) is 3.46. The zero-order valence-corrected chi connectivity index (χ0v) is 14.3. The van der Waals surface area contributed by atoms with Gasteiger partial charge in [-0.25, -0.2) is 0 Å². The molecule has 0 radical (unpaired) electrons. The highest BCUT2D eigenvalue weighted by molar-refractivity contribution is 6.35. The summed E-state index contributed by atoms with van der Waals surface area (Å²) in [5, 5.41) is 0.933. The highest BCUT2D eigenvalue weighted by atomic mass is 35.5. The normalized spacial score (nSPS) is 15.0. The SMILES string of the molecule is C[C@H](Oc1ccc(Cl)cc1Cl)C(=O)N1CCCc2ccccc21. The van der Waals surface area contributed by atoms with Gasteiger partial charge in [-0.15, -0.1) is 0 Å². The minimum Gasteiger partial charge on any atom is -0.479 e. The number of halogens is 2. The monoisotopic (exact) mass is 349 g/mol. The molecule has 23 heavy (non-hydrogen) atoms. The van der Waals surface area contributed by atoms with Crippen molar-refractivity contribution in [3.63, 3.8) is 0 Å². The number of hydrogen-bond acceptors (Lipinski definition) is 2. The summed E-state index contributed by atoms with van der Waals surface area (Å²) in [6, 6.07) is 13.0. The van der Waals surface area contributed by atoms with E-state index in [4.69, 9.17) is 27.9 Å². The minimum atomic E-state index is -0.625. The Morgan fingerprint density at radius 2 is 2.00 bits per heavy atom. The van der Waals surface area contributed by atoms with Crippen LogP contribution in [0.1, 0.15) is 18.9 Å². The highest BCUT2D eigenvalue weighted by Crippen LogP contribution is 2.30. The second-order valence-corrected chi connectivity index (χ2v) is 6.40. The van der Waals surface area contributed by atoms with Gasteiger partial charge in [-0.3, -0.25) is 4.79 Å². The number of fused-ring (bicyclic) bond motifs is 1. The molecule has 2 aromatic carbocycles. The summed E-state index contributed by atoms with van der Waals surface area (Å²) < 4.78 is 5.75. The number of hydrogen-bond donors (Lipinski definition) is 0. The second-order valence-electron chi connectivity index (χ2n) is 5.56. The van der Waals surface area contributed by atoms with Gasteiger partial charge in [0.15, 0.2) is 6.10 Å². The van der Waals surface area contributed by atoms with Crippen LogP contribution in [-0.2, 0) is 11.2 Å². The molecule has 1 amide bonds. The van der Waals surface area contributed by atoms with E-state index in [1.54, 1.807) is 30.0 Å². The molecule has 0 bridgehead atoms. The van der Waals surface area contributed by atoms with Gasteiger partial charge in [-0.2, -0.15) is 0 Å². The zero-order chi connectivity index (χ0) is 16.4. The van der Waals surface area contributed by atoms with Crippen LogP contribution < -0.4 is 9.64 Å². The molecule has 0 N–H and O–H groups in total. The molecule has 0 fully saturated rings. The lowest BCUT2D eigenvalue weighted by Gasteiger charge is -2.31. The molecule has 0 saturated heterocycles. The first-order chi connectivity index (χ1) is 11.1. The first-order valence-corrected chi connectivity index (χ1v) is 8.33. The van der Waals surface area contributed by atoms with Gasteiger partial charge in [0.05, 0.1) is 5.02 Å². The maximum Gasteiger partial charge on any atom is 0.267 e. The van der Waals surface area contributed by atoms with E-state index in [9.17, 15) is 4.79 Å².